The van der Waals surface area contributed by atoms with Crippen LogP contribution in [0, 0.1) is 0 Å². The number of hydrogen-bond acceptors (Lipinski definition) is 3. The molecule has 2 aromatic carbocycles. The maximum atomic E-state index is 12.7. The fourth-order valence-corrected chi connectivity index (χ4v) is 3.81. The van der Waals surface area contributed by atoms with Crippen LogP contribution in [0.4, 0.5) is 5.69 Å². The molecule has 4 rings (SSSR count). The molecule has 0 aliphatic carbocycles. The van der Waals surface area contributed by atoms with Crippen molar-refractivity contribution < 1.29 is 9.59 Å². The van der Waals surface area contributed by atoms with Gasteiger partial charge in [-0.25, -0.2) is 4.90 Å². The van der Waals surface area contributed by atoms with Gasteiger partial charge < -0.3 is 10.3 Å². The monoisotopic (exact) mass is 401 g/mol. The number of carbonyl (C=O) groups is 2. The number of para-hydroxylation sites is 1. The van der Waals surface area contributed by atoms with Crippen molar-refractivity contribution in [2.24, 2.45) is 0 Å². The number of nitrogens with one attached hydrogen (secondary N) is 2. The zero-order chi connectivity index (χ0) is 19.0. The maximum absolute atomic E-state index is 12.7. The topological polar surface area (TPSA) is 65.2 Å². The molecule has 0 spiro atoms. The molecule has 1 fully saturated rings. The second-order valence-electron chi connectivity index (χ2n) is 6.46. The minimum Gasteiger partial charge on any atom is -0.361 e. The minimum absolute atomic E-state index is 0.107. The summed E-state index contributed by atoms with van der Waals surface area (Å²) >= 11 is 12.2. The van der Waals surface area contributed by atoms with Crippen molar-refractivity contribution in [1.29, 1.82) is 0 Å². The molecule has 7 heteroatoms. The molecule has 2 amide bonds. The van der Waals surface area contributed by atoms with E-state index in [-0.39, 0.29) is 23.3 Å². The summed E-state index contributed by atoms with van der Waals surface area (Å²) in [6.45, 7) is 0.586. The zero-order valence-electron chi connectivity index (χ0n) is 14.3. The first-order valence-corrected chi connectivity index (χ1v) is 9.41. The number of benzene rings is 2. The van der Waals surface area contributed by atoms with Crippen LogP contribution in [0.15, 0.2) is 48.7 Å². The van der Waals surface area contributed by atoms with E-state index in [1.165, 1.54) is 10.9 Å². The van der Waals surface area contributed by atoms with Gasteiger partial charge in [0.25, 0.3) is 5.91 Å². The van der Waals surface area contributed by atoms with Crippen LogP contribution in [0.2, 0.25) is 10.0 Å². The summed E-state index contributed by atoms with van der Waals surface area (Å²) in [5.74, 6) is -0.586. The van der Waals surface area contributed by atoms with Crippen molar-refractivity contribution in [2.45, 2.75) is 18.9 Å². The van der Waals surface area contributed by atoms with Crippen LogP contribution >= 0.6 is 23.2 Å². The van der Waals surface area contributed by atoms with E-state index in [0.717, 1.165) is 16.8 Å². The van der Waals surface area contributed by atoms with Crippen molar-refractivity contribution in [3.05, 3.63) is 64.3 Å². The Kier molecular flexibility index (Phi) is 4.91. The summed E-state index contributed by atoms with van der Waals surface area (Å²) in [6.07, 6.45) is 2.83. The molecule has 1 saturated heterocycles. The van der Waals surface area contributed by atoms with Gasteiger partial charge in [-0.2, -0.15) is 0 Å². The number of H-pyrrole nitrogens is 1. The van der Waals surface area contributed by atoms with E-state index in [4.69, 9.17) is 23.2 Å². The highest BCUT2D eigenvalue weighted by molar-refractivity contribution is 6.44. The summed E-state index contributed by atoms with van der Waals surface area (Å²) < 4.78 is 0. The van der Waals surface area contributed by atoms with Crippen molar-refractivity contribution >= 4 is 51.6 Å². The average Bonchev–Trinajstić information content (AvgIpc) is 3.19. The fraction of sp³-hybridized carbons (Fsp3) is 0.200. The number of hydrogen-bond donors (Lipinski definition) is 2. The number of fused-ring (bicyclic) bond motifs is 1. The number of aromatic nitrogens is 1. The van der Waals surface area contributed by atoms with Gasteiger partial charge in [-0.1, -0.05) is 47.5 Å². The van der Waals surface area contributed by atoms with Gasteiger partial charge in [0.2, 0.25) is 5.91 Å². The van der Waals surface area contributed by atoms with Crippen LogP contribution in [0.5, 0.6) is 0 Å². The Bertz CT molecular complexity index is 1030. The highest BCUT2D eigenvalue weighted by atomic mass is 35.5. The predicted octanol–water partition coefficient (Wildman–Crippen LogP) is 3.94. The molecule has 2 N–H and O–H groups in total. The van der Waals surface area contributed by atoms with Crippen molar-refractivity contribution in [3.8, 4) is 0 Å². The third-order valence-electron chi connectivity index (χ3n) is 4.78. The van der Waals surface area contributed by atoms with Gasteiger partial charge in [0, 0.05) is 23.6 Å². The predicted molar refractivity (Wildman–Crippen MR) is 107 cm³/mol. The first kappa shape index (κ1) is 18.0. The Morgan fingerprint density at radius 2 is 1.93 bits per heavy atom. The Morgan fingerprint density at radius 3 is 2.78 bits per heavy atom. The van der Waals surface area contributed by atoms with Crippen LogP contribution in [-0.4, -0.2) is 29.4 Å². The van der Waals surface area contributed by atoms with Crippen LogP contribution < -0.4 is 10.2 Å². The van der Waals surface area contributed by atoms with Gasteiger partial charge in [0.1, 0.15) is 0 Å². The van der Waals surface area contributed by atoms with E-state index in [0.29, 0.717) is 17.3 Å². The SMILES string of the molecule is O=C1C[C@H](NCCc2c[nH]c3ccccc23)C(=O)N1c1cccc(Cl)c1Cl. The molecule has 0 bridgehead atoms. The maximum Gasteiger partial charge on any atom is 0.251 e. The first-order valence-electron chi connectivity index (χ1n) is 8.65. The molecular formula is C20H17Cl2N3O2. The standard InChI is InChI=1S/C20H17Cl2N3O2/c21-14-5-3-7-17(19(14)22)25-18(26)10-16(20(25)27)23-9-8-12-11-24-15-6-2-1-4-13(12)15/h1-7,11,16,23-24H,8-10H2/t16-/m0/s1. The van der Waals surface area contributed by atoms with Gasteiger partial charge in [0.05, 0.1) is 28.2 Å². The lowest BCUT2D eigenvalue weighted by molar-refractivity contribution is -0.121. The molecule has 138 valence electrons. The molecule has 1 aromatic heterocycles. The normalized spacial score (nSPS) is 17.3. The zero-order valence-corrected chi connectivity index (χ0v) is 15.8. The molecule has 0 saturated carbocycles. The number of aromatic amines is 1. The highest BCUT2D eigenvalue weighted by Crippen LogP contribution is 2.35. The van der Waals surface area contributed by atoms with Gasteiger partial charge in [0.15, 0.2) is 0 Å². The van der Waals surface area contributed by atoms with E-state index in [2.05, 4.69) is 16.4 Å². The second kappa shape index (κ2) is 7.35. The molecule has 2 heterocycles. The number of anilines is 1. The summed E-state index contributed by atoms with van der Waals surface area (Å²) in [5, 5.41) is 4.88. The van der Waals surface area contributed by atoms with Gasteiger partial charge in [-0.15, -0.1) is 0 Å². The molecule has 5 nitrogen and oxygen atoms in total. The highest BCUT2D eigenvalue weighted by Gasteiger charge is 2.40. The fourth-order valence-electron chi connectivity index (χ4n) is 3.43. The molecule has 1 atom stereocenters. The first-order chi connectivity index (χ1) is 13.1. The molecular weight excluding hydrogens is 385 g/mol. The number of carbonyl (C=O) groups excluding carboxylic acids is 2. The minimum atomic E-state index is -0.558. The van der Waals surface area contributed by atoms with E-state index in [1.807, 2.05) is 24.4 Å². The molecule has 0 unspecified atom stereocenters. The Morgan fingerprint density at radius 1 is 1.11 bits per heavy atom. The van der Waals surface area contributed by atoms with E-state index >= 15 is 0 Å². The van der Waals surface area contributed by atoms with Crippen molar-refractivity contribution in [3.63, 3.8) is 0 Å². The third kappa shape index (κ3) is 3.34. The Balaban J connectivity index is 1.44. The number of halogens is 2. The van der Waals surface area contributed by atoms with Crippen molar-refractivity contribution in [1.82, 2.24) is 10.3 Å². The smallest absolute Gasteiger partial charge is 0.251 e. The number of nitrogens with zero attached hydrogens (tertiary/aromatic N) is 1. The van der Waals surface area contributed by atoms with Crippen molar-refractivity contribution in [2.75, 3.05) is 11.4 Å². The molecule has 27 heavy (non-hydrogen) atoms. The summed E-state index contributed by atoms with van der Waals surface area (Å²) in [6, 6.07) is 12.4. The third-order valence-corrected chi connectivity index (χ3v) is 5.59. The summed E-state index contributed by atoms with van der Waals surface area (Å²) in [7, 11) is 0. The molecule has 0 radical (unpaired) electrons. The largest absolute Gasteiger partial charge is 0.361 e. The molecule has 3 aromatic rings. The van der Waals surface area contributed by atoms with E-state index in [1.54, 1.807) is 18.2 Å². The van der Waals surface area contributed by atoms with Gasteiger partial charge >= 0.3 is 0 Å². The Labute approximate surface area is 166 Å². The number of amides is 2. The average molecular weight is 402 g/mol. The lowest BCUT2D eigenvalue weighted by Crippen LogP contribution is -2.39. The lowest BCUT2D eigenvalue weighted by Gasteiger charge is -2.17. The van der Waals surface area contributed by atoms with Crippen LogP contribution in [0.3, 0.4) is 0 Å². The van der Waals surface area contributed by atoms with Crippen LogP contribution in [0.25, 0.3) is 10.9 Å². The lowest BCUT2D eigenvalue weighted by atomic mass is 10.1. The molecule has 1 aliphatic rings. The van der Waals surface area contributed by atoms with E-state index in [9.17, 15) is 9.59 Å². The van der Waals surface area contributed by atoms with Crippen LogP contribution in [-0.2, 0) is 16.0 Å². The Hall–Kier alpha value is -2.34. The van der Waals surface area contributed by atoms with Crippen LogP contribution in [0.1, 0.15) is 12.0 Å². The van der Waals surface area contributed by atoms with Gasteiger partial charge in [-0.05, 0) is 30.2 Å². The number of rotatable bonds is 5. The second-order valence-corrected chi connectivity index (χ2v) is 7.25. The molecule has 1 aliphatic heterocycles. The van der Waals surface area contributed by atoms with E-state index < -0.39 is 6.04 Å². The van der Waals surface area contributed by atoms with Gasteiger partial charge in [-0.3, -0.25) is 9.59 Å². The summed E-state index contributed by atoms with van der Waals surface area (Å²) in [4.78, 5) is 29.5. The number of imide groups is 1. The summed E-state index contributed by atoms with van der Waals surface area (Å²) in [5.41, 5.74) is 2.59. The quantitative estimate of drug-likeness (QED) is 0.636.